The number of nitrogens with zero attached hydrogens (tertiary/aromatic N) is 2. The Bertz CT molecular complexity index is 918. The van der Waals surface area contributed by atoms with Crippen LogP contribution < -0.4 is 9.47 Å². The molecule has 0 aromatic heterocycles. The Morgan fingerprint density at radius 2 is 1.90 bits per heavy atom. The van der Waals surface area contributed by atoms with Crippen molar-refractivity contribution in [1.82, 2.24) is 9.80 Å². The highest BCUT2D eigenvalue weighted by molar-refractivity contribution is 5.89. The van der Waals surface area contributed by atoms with Crippen LogP contribution in [0.15, 0.2) is 42.5 Å². The molecule has 7 heteroatoms. The minimum Gasteiger partial charge on any atom is -0.493 e. The predicted octanol–water partition coefficient (Wildman–Crippen LogP) is 2.89. The standard InChI is InChI=1S/C23H27FN2O4/c1-25(14-17-6-4-5-7-19(17)24)23(28)18-13-22(27)26(15-18)11-10-16-8-9-20(29-2)21(12-16)30-3/h4-9,12,18H,10-11,13-15H2,1-3H3. The van der Waals surface area contributed by atoms with E-state index < -0.39 is 5.92 Å². The zero-order valence-corrected chi connectivity index (χ0v) is 17.6. The summed E-state index contributed by atoms with van der Waals surface area (Å²) in [5, 5.41) is 0. The molecule has 2 amide bonds. The molecule has 6 nitrogen and oxygen atoms in total. The Morgan fingerprint density at radius 3 is 2.60 bits per heavy atom. The predicted molar refractivity (Wildman–Crippen MR) is 111 cm³/mol. The molecule has 0 saturated carbocycles. The number of halogens is 1. The Hall–Kier alpha value is -3.09. The van der Waals surface area contributed by atoms with E-state index in [0.717, 1.165) is 5.56 Å². The van der Waals surface area contributed by atoms with E-state index in [-0.39, 0.29) is 30.6 Å². The number of rotatable bonds is 8. The smallest absolute Gasteiger partial charge is 0.228 e. The number of likely N-dealkylation sites (tertiary alicyclic amines) is 1. The van der Waals surface area contributed by atoms with Gasteiger partial charge in [0.25, 0.3) is 0 Å². The fourth-order valence-electron chi connectivity index (χ4n) is 3.73. The maximum Gasteiger partial charge on any atom is 0.228 e. The maximum absolute atomic E-state index is 13.9. The Labute approximate surface area is 176 Å². The molecule has 1 saturated heterocycles. The first kappa shape index (κ1) is 21.6. The van der Waals surface area contributed by atoms with Crippen LogP contribution in [0.4, 0.5) is 4.39 Å². The molecule has 3 rings (SSSR count). The molecule has 0 spiro atoms. The van der Waals surface area contributed by atoms with Crippen LogP contribution >= 0.6 is 0 Å². The molecule has 1 aliphatic rings. The zero-order valence-electron chi connectivity index (χ0n) is 17.6. The Morgan fingerprint density at radius 1 is 1.17 bits per heavy atom. The van der Waals surface area contributed by atoms with Crippen LogP contribution in [0.2, 0.25) is 0 Å². The summed E-state index contributed by atoms with van der Waals surface area (Å²) in [7, 11) is 4.81. The van der Waals surface area contributed by atoms with Crippen molar-refractivity contribution < 1.29 is 23.5 Å². The highest BCUT2D eigenvalue weighted by atomic mass is 19.1. The molecule has 2 aromatic rings. The van der Waals surface area contributed by atoms with Gasteiger partial charge in [0.1, 0.15) is 5.82 Å². The molecular formula is C23H27FN2O4. The van der Waals surface area contributed by atoms with Gasteiger partial charge in [0.05, 0.1) is 20.1 Å². The molecule has 1 fully saturated rings. The summed E-state index contributed by atoms with van der Waals surface area (Å²) in [6.45, 7) is 1.09. The van der Waals surface area contributed by atoms with Gasteiger partial charge in [-0.05, 0) is 30.2 Å². The van der Waals surface area contributed by atoms with Gasteiger partial charge in [-0.3, -0.25) is 9.59 Å². The van der Waals surface area contributed by atoms with Crippen molar-refractivity contribution in [3.05, 3.63) is 59.4 Å². The largest absolute Gasteiger partial charge is 0.493 e. The molecule has 1 unspecified atom stereocenters. The third kappa shape index (κ3) is 4.90. The SMILES string of the molecule is COc1ccc(CCN2CC(C(=O)N(C)Cc3ccccc3F)CC2=O)cc1OC. The van der Waals surface area contributed by atoms with E-state index in [2.05, 4.69) is 0 Å². The minimum atomic E-state index is -0.403. The van der Waals surface area contributed by atoms with Crippen LogP contribution in [0.5, 0.6) is 11.5 Å². The van der Waals surface area contributed by atoms with Crippen molar-refractivity contribution >= 4 is 11.8 Å². The van der Waals surface area contributed by atoms with Gasteiger partial charge in [0.2, 0.25) is 11.8 Å². The summed E-state index contributed by atoms with van der Waals surface area (Å²) in [6, 6.07) is 12.1. The zero-order chi connectivity index (χ0) is 21.7. The highest BCUT2D eigenvalue weighted by Crippen LogP contribution is 2.28. The van der Waals surface area contributed by atoms with Crippen molar-refractivity contribution in [3.8, 4) is 11.5 Å². The van der Waals surface area contributed by atoms with Gasteiger partial charge in [0, 0.05) is 38.7 Å². The summed E-state index contributed by atoms with van der Waals surface area (Å²) < 4.78 is 24.4. The third-order valence-electron chi connectivity index (χ3n) is 5.42. The molecule has 1 atom stereocenters. The van der Waals surface area contributed by atoms with Gasteiger partial charge >= 0.3 is 0 Å². The normalized spacial score (nSPS) is 15.9. The second-order valence-corrected chi connectivity index (χ2v) is 7.47. The van der Waals surface area contributed by atoms with Crippen LogP contribution in [0, 0.1) is 11.7 Å². The van der Waals surface area contributed by atoms with Gasteiger partial charge in [-0.25, -0.2) is 4.39 Å². The lowest BCUT2D eigenvalue weighted by atomic mass is 10.1. The Kier molecular flexibility index (Phi) is 6.92. The van der Waals surface area contributed by atoms with Crippen LogP contribution in [0.1, 0.15) is 17.5 Å². The second-order valence-electron chi connectivity index (χ2n) is 7.47. The quantitative estimate of drug-likeness (QED) is 0.667. The molecule has 0 radical (unpaired) electrons. The third-order valence-corrected chi connectivity index (χ3v) is 5.42. The van der Waals surface area contributed by atoms with Crippen molar-refractivity contribution in [2.75, 3.05) is 34.4 Å². The Balaban J connectivity index is 1.56. The van der Waals surface area contributed by atoms with Crippen LogP contribution in [-0.2, 0) is 22.6 Å². The number of benzene rings is 2. The number of hydrogen-bond donors (Lipinski definition) is 0. The summed E-state index contributed by atoms with van der Waals surface area (Å²) >= 11 is 0. The van der Waals surface area contributed by atoms with E-state index in [1.165, 1.54) is 11.0 Å². The number of methoxy groups -OCH3 is 2. The molecule has 160 valence electrons. The van der Waals surface area contributed by atoms with Gasteiger partial charge < -0.3 is 19.3 Å². The molecule has 1 heterocycles. The number of hydrogen-bond acceptors (Lipinski definition) is 4. The average molecular weight is 414 g/mol. The first-order valence-electron chi connectivity index (χ1n) is 9.90. The lowest BCUT2D eigenvalue weighted by Gasteiger charge is -2.22. The van der Waals surface area contributed by atoms with E-state index in [1.54, 1.807) is 44.4 Å². The molecule has 30 heavy (non-hydrogen) atoms. The number of amides is 2. The molecule has 0 aliphatic carbocycles. The number of carbonyl (C=O) groups excluding carboxylic acids is 2. The highest BCUT2D eigenvalue weighted by Gasteiger charge is 2.35. The summed E-state index contributed by atoms with van der Waals surface area (Å²) in [5.74, 6) is 0.386. The molecule has 2 aromatic carbocycles. The number of ether oxygens (including phenoxy) is 2. The second kappa shape index (κ2) is 9.61. The summed E-state index contributed by atoms with van der Waals surface area (Å²) in [4.78, 5) is 28.4. The van der Waals surface area contributed by atoms with Crippen molar-refractivity contribution in [2.45, 2.75) is 19.4 Å². The monoisotopic (exact) mass is 414 g/mol. The maximum atomic E-state index is 13.9. The van der Waals surface area contributed by atoms with E-state index >= 15 is 0 Å². The number of carbonyl (C=O) groups is 2. The summed E-state index contributed by atoms with van der Waals surface area (Å²) in [6.07, 6.45) is 0.838. The fourth-order valence-corrected chi connectivity index (χ4v) is 3.73. The van der Waals surface area contributed by atoms with Crippen LogP contribution in [0.3, 0.4) is 0 Å². The molecular weight excluding hydrogens is 387 g/mol. The van der Waals surface area contributed by atoms with Crippen molar-refractivity contribution in [1.29, 1.82) is 0 Å². The minimum absolute atomic E-state index is 0.0341. The van der Waals surface area contributed by atoms with Crippen LogP contribution in [-0.4, -0.2) is 56.0 Å². The van der Waals surface area contributed by atoms with E-state index in [9.17, 15) is 14.0 Å². The van der Waals surface area contributed by atoms with E-state index in [0.29, 0.717) is 36.6 Å². The fraction of sp³-hybridized carbons (Fsp3) is 0.391. The van der Waals surface area contributed by atoms with E-state index in [1.807, 2.05) is 18.2 Å². The van der Waals surface area contributed by atoms with Gasteiger partial charge in [-0.2, -0.15) is 0 Å². The molecule has 1 aliphatic heterocycles. The molecule has 0 bridgehead atoms. The van der Waals surface area contributed by atoms with Crippen LogP contribution in [0.25, 0.3) is 0 Å². The van der Waals surface area contributed by atoms with E-state index in [4.69, 9.17) is 9.47 Å². The van der Waals surface area contributed by atoms with Crippen molar-refractivity contribution in [2.24, 2.45) is 5.92 Å². The van der Waals surface area contributed by atoms with Gasteiger partial charge in [-0.1, -0.05) is 24.3 Å². The lowest BCUT2D eigenvalue weighted by molar-refractivity contribution is -0.135. The average Bonchev–Trinajstić information content (AvgIpc) is 3.13. The van der Waals surface area contributed by atoms with Gasteiger partial charge in [-0.15, -0.1) is 0 Å². The summed E-state index contributed by atoms with van der Waals surface area (Å²) in [5.41, 5.74) is 1.48. The first-order chi connectivity index (χ1) is 14.4. The van der Waals surface area contributed by atoms with Crippen molar-refractivity contribution in [3.63, 3.8) is 0 Å². The lowest BCUT2D eigenvalue weighted by Crippen LogP contribution is -2.35. The van der Waals surface area contributed by atoms with Gasteiger partial charge in [0.15, 0.2) is 11.5 Å². The topological polar surface area (TPSA) is 59.1 Å². The molecule has 0 N–H and O–H groups in total. The first-order valence-corrected chi connectivity index (χ1v) is 9.90.